The van der Waals surface area contributed by atoms with Crippen LogP contribution >= 0.6 is 23.2 Å². The van der Waals surface area contributed by atoms with E-state index in [2.05, 4.69) is 15.1 Å². The molecule has 0 aromatic heterocycles. The highest BCUT2D eigenvalue weighted by Crippen LogP contribution is 2.32. The molecule has 0 aliphatic carbocycles. The normalized spacial score (nSPS) is 20.4. The number of benzene rings is 2. The molecule has 6 nitrogen and oxygen atoms in total. The maximum absolute atomic E-state index is 13.3. The first-order valence-corrected chi connectivity index (χ1v) is 13.5. The second-order valence-electron chi connectivity index (χ2n) is 10.9. The van der Waals surface area contributed by atoms with Gasteiger partial charge < -0.3 is 25.0 Å². The molecule has 196 valence electrons. The van der Waals surface area contributed by atoms with Crippen molar-refractivity contribution in [3.05, 3.63) is 58.1 Å². The summed E-state index contributed by atoms with van der Waals surface area (Å²) in [5.41, 5.74) is 1.35. The summed E-state index contributed by atoms with van der Waals surface area (Å²) in [4.78, 5) is 17.9. The third kappa shape index (κ3) is 7.06. The van der Waals surface area contributed by atoms with Gasteiger partial charge in [-0.15, -0.1) is 0 Å². The lowest BCUT2D eigenvalue weighted by Crippen LogP contribution is -2.48. The summed E-state index contributed by atoms with van der Waals surface area (Å²) in [5.74, 6) is 0.419. The molecule has 2 heterocycles. The number of aliphatic hydroxyl groups is 1. The number of nitrogens with one attached hydrogen (secondary N) is 1. The molecule has 2 fully saturated rings. The third-order valence-electron chi connectivity index (χ3n) is 6.83. The molecule has 1 amide bonds. The van der Waals surface area contributed by atoms with Crippen molar-refractivity contribution in [2.45, 2.75) is 57.8 Å². The summed E-state index contributed by atoms with van der Waals surface area (Å²) in [5, 5.41) is 15.7. The molecule has 36 heavy (non-hydrogen) atoms. The number of aliphatic hydroxyl groups excluding tert-OH is 1. The first-order chi connectivity index (χ1) is 17.1. The van der Waals surface area contributed by atoms with Gasteiger partial charge in [0.1, 0.15) is 17.5 Å². The van der Waals surface area contributed by atoms with E-state index in [1.807, 2.05) is 51.1 Å². The van der Waals surface area contributed by atoms with Gasteiger partial charge in [0.25, 0.3) is 0 Å². The van der Waals surface area contributed by atoms with Gasteiger partial charge in [0, 0.05) is 30.3 Å². The van der Waals surface area contributed by atoms with Crippen LogP contribution in [0.1, 0.15) is 51.7 Å². The Kier molecular flexibility index (Phi) is 8.71. The van der Waals surface area contributed by atoms with E-state index in [1.54, 1.807) is 12.1 Å². The van der Waals surface area contributed by atoms with Gasteiger partial charge in [-0.25, -0.2) is 0 Å². The highest BCUT2D eigenvalue weighted by molar-refractivity contribution is 6.32. The summed E-state index contributed by atoms with van der Waals surface area (Å²) >= 11 is 12.5. The van der Waals surface area contributed by atoms with Gasteiger partial charge in [0.05, 0.1) is 17.0 Å². The highest BCUT2D eigenvalue weighted by atomic mass is 35.5. The first-order valence-electron chi connectivity index (χ1n) is 12.8. The Hall–Kier alpha value is -1.99. The average molecular weight is 535 g/mol. The van der Waals surface area contributed by atoms with E-state index in [0.29, 0.717) is 34.4 Å². The van der Waals surface area contributed by atoms with E-state index < -0.39 is 12.1 Å². The number of nitrogens with zero attached hydrogens (tertiary/aromatic N) is 2. The van der Waals surface area contributed by atoms with Crippen molar-refractivity contribution >= 4 is 34.8 Å². The van der Waals surface area contributed by atoms with Crippen LogP contribution in [0.25, 0.3) is 0 Å². The van der Waals surface area contributed by atoms with Crippen molar-refractivity contribution in [2.75, 3.05) is 37.6 Å². The predicted molar refractivity (Wildman–Crippen MR) is 146 cm³/mol. The number of likely N-dealkylation sites (tertiary alicyclic amines) is 1. The SMILES string of the molecule is CC(C)(C)Oc1ccc(C(O)C(CN2CCCC2)NC(=O)C2CCN(c3ccc(Cl)cc3)C2)cc1Cl. The smallest absolute Gasteiger partial charge is 0.225 e. The minimum absolute atomic E-state index is 0.0199. The van der Waals surface area contributed by atoms with E-state index in [1.165, 1.54) is 0 Å². The van der Waals surface area contributed by atoms with Crippen molar-refractivity contribution in [3.63, 3.8) is 0 Å². The molecule has 2 N–H and O–H groups in total. The number of ether oxygens (including phenoxy) is 1. The zero-order chi connectivity index (χ0) is 25.9. The topological polar surface area (TPSA) is 65.0 Å². The van der Waals surface area contributed by atoms with Crippen LogP contribution in [-0.4, -0.2) is 60.3 Å². The molecule has 0 bridgehead atoms. The molecule has 2 aromatic carbocycles. The number of halogens is 2. The molecule has 4 rings (SSSR count). The van der Waals surface area contributed by atoms with Gasteiger partial charge in [0.15, 0.2) is 0 Å². The standard InChI is InChI=1S/C28H37Cl2N3O3/c1-28(2,3)36-25-11-6-19(16-23(25)30)26(34)24(18-32-13-4-5-14-32)31-27(35)20-12-15-33(17-20)22-9-7-21(29)8-10-22/h6-11,16,20,24,26,34H,4-5,12-15,17-18H2,1-3H3,(H,31,35). The lowest BCUT2D eigenvalue weighted by atomic mass is 9.99. The van der Waals surface area contributed by atoms with Crippen LogP contribution in [0.5, 0.6) is 5.75 Å². The predicted octanol–water partition coefficient (Wildman–Crippen LogP) is 5.31. The van der Waals surface area contributed by atoms with Gasteiger partial charge in [-0.3, -0.25) is 4.79 Å². The minimum Gasteiger partial charge on any atom is -0.487 e. The number of carbonyl (C=O) groups is 1. The van der Waals surface area contributed by atoms with Gasteiger partial charge in [-0.2, -0.15) is 0 Å². The van der Waals surface area contributed by atoms with Crippen LogP contribution in [0, 0.1) is 5.92 Å². The van der Waals surface area contributed by atoms with Crippen molar-refractivity contribution in [1.82, 2.24) is 10.2 Å². The summed E-state index contributed by atoms with van der Waals surface area (Å²) in [6, 6.07) is 12.6. The first kappa shape index (κ1) is 27.1. The van der Waals surface area contributed by atoms with Gasteiger partial charge in [-0.05, 0) is 95.1 Å². The zero-order valence-corrected chi connectivity index (χ0v) is 22.9. The molecule has 2 aromatic rings. The van der Waals surface area contributed by atoms with Gasteiger partial charge in [0.2, 0.25) is 5.91 Å². The molecular weight excluding hydrogens is 497 g/mol. The Labute approximate surface area is 224 Å². The molecule has 2 aliphatic rings. The minimum atomic E-state index is -0.885. The number of carbonyl (C=O) groups excluding carboxylic acids is 1. The number of hydrogen-bond donors (Lipinski definition) is 2. The van der Waals surface area contributed by atoms with E-state index in [-0.39, 0.29) is 17.4 Å². The molecule has 0 spiro atoms. The maximum Gasteiger partial charge on any atom is 0.225 e. The summed E-state index contributed by atoms with van der Waals surface area (Å²) in [7, 11) is 0. The van der Waals surface area contributed by atoms with Crippen molar-refractivity contribution in [2.24, 2.45) is 5.92 Å². The molecule has 3 atom stereocenters. The summed E-state index contributed by atoms with van der Waals surface area (Å²) in [6.45, 7) is 9.89. The van der Waals surface area contributed by atoms with E-state index >= 15 is 0 Å². The van der Waals surface area contributed by atoms with Crippen LogP contribution in [0.15, 0.2) is 42.5 Å². The fraction of sp³-hybridized carbons (Fsp3) is 0.536. The summed E-state index contributed by atoms with van der Waals surface area (Å²) < 4.78 is 5.92. The van der Waals surface area contributed by atoms with Crippen molar-refractivity contribution < 1.29 is 14.6 Å². The highest BCUT2D eigenvalue weighted by Gasteiger charge is 2.33. The van der Waals surface area contributed by atoms with Crippen LogP contribution in [-0.2, 0) is 4.79 Å². The quantitative estimate of drug-likeness (QED) is 0.481. The number of hydrogen-bond acceptors (Lipinski definition) is 5. The lowest BCUT2D eigenvalue weighted by molar-refractivity contribution is -0.126. The maximum atomic E-state index is 13.3. The molecule has 8 heteroatoms. The molecule has 2 aliphatic heterocycles. The number of anilines is 1. The average Bonchev–Trinajstić information content (AvgIpc) is 3.52. The van der Waals surface area contributed by atoms with E-state index in [4.69, 9.17) is 27.9 Å². The molecule has 0 saturated carbocycles. The fourth-order valence-corrected chi connectivity index (χ4v) is 5.33. The van der Waals surface area contributed by atoms with E-state index in [0.717, 1.165) is 44.6 Å². The van der Waals surface area contributed by atoms with Crippen LogP contribution in [0.2, 0.25) is 10.0 Å². The van der Waals surface area contributed by atoms with Gasteiger partial charge in [-0.1, -0.05) is 29.3 Å². The lowest BCUT2D eigenvalue weighted by Gasteiger charge is -2.30. The Morgan fingerprint density at radius 2 is 1.81 bits per heavy atom. The number of amides is 1. The fourth-order valence-electron chi connectivity index (χ4n) is 4.98. The Balaban J connectivity index is 1.45. The van der Waals surface area contributed by atoms with Crippen molar-refractivity contribution in [1.29, 1.82) is 0 Å². The monoisotopic (exact) mass is 533 g/mol. The Bertz CT molecular complexity index is 1040. The van der Waals surface area contributed by atoms with Crippen molar-refractivity contribution in [3.8, 4) is 5.75 Å². The Morgan fingerprint density at radius 1 is 1.11 bits per heavy atom. The van der Waals surface area contributed by atoms with Crippen LogP contribution in [0.4, 0.5) is 5.69 Å². The molecule has 2 saturated heterocycles. The second-order valence-corrected chi connectivity index (χ2v) is 11.7. The van der Waals surface area contributed by atoms with Gasteiger partial charge >= 0.3 is 0 Å². The largest absolute Gasteiger partial charge is 0.487 e. The van der Waals surface area contributed by atoms with Crippen LogP contribution in [0.3, 0.4) is 0 Å². The molecular formula is C28H37Cl2N3O3. The van der Waals surface area contributed by atoms with E-state index in [9.17, 15) is 9.90 Å². The zero-order valence-electron chi connectivity index (χ0n) is 21.3. The Morgan fingerprint density at radius 3 is 2.44 bits per heavy atom. The third-order valence-corrected chi connectivity index (χ3v) is 7.37. The summed E-state index contributed by atoms with van der Waals surface area (Å²) in [6.07, 6.45) is 2.16. The van der Waals surface area contributed by atoms with Crippen LogP contribution < -0.4 is 15.0 Å². The second kappa shape index (κ2) is 11.6. The molecule has 0 radical (unpaired) electrons. The number of rotatable bonds is 8. The molecule has 3 unspecified atom stereocenters.